The van der Waals surface area contributed by atoms with E-state index in [1.807, 2.05) is 18.2 Å². The smallest absolute Gasteiger partial charge is 0.324 e. The van der Waals surface area contributed by atoms with E-state index in [9.17, 15) is 9.59 Å². The van der Waals surface area contributed by atoms with Crippen molar-refractivity contribution in [2.75, 3.05) is 32.1 Å². The SMILES string of the molecule is COc1ccccc1N(C)C(=O)N1CC(C(C)C(=O)O)C1. The molecule has 6 nitrogen and oxygen atoms in total. The molecule has 0 bridgehead atoms. The fraction of sp³-hybridized carbons (Fsp3) is 0.467. The molecule has 2 amide bonds. The number of methoxy groups -OCH3 is 1. The molecule has 0 aromatic heterocycles. The molecule has 0 spiro atoms. The van der Waals surface area contributed by atoms with E-state index in [0.29, 0.717) is 24.5 Å². The molecule has 1 atom stereocenters. The summed E-state index contributed by atoms with van der Waals surface area (Å²) in [5.41, 5.74) is 0.694. The van der Waals surface area contributed by atoms with Crippen molar-refractivity contribution in [3.63, 3.8) is 0 Å². The number of urea groups is 1. The number of likely N-dealkylation sites (tertiary alicyclic amines) is 1. The average Bonchev–Trinajstić information content (AvgIpc) is 2.44. The Morgan fingerprint density at radius 2 is 2.00 bits per heavy atom. The van der Waals surface area contributed by atoms with Crippen LogP contribution in [0.3, 0.4) is 0 Å². The van der Waals surface area contributed by atoms with Crippen LogP contribution in [0, 0.1) is 11.8 Å². The van der Waals surface area contributed by atoms with Gasteiger partial charge in [-0.15, -0.1) is 0 Å². The van der Waals surface area contributed by atoms with Gasteiger partial charge < -0.3 is 14.7 Å². The van der Waals surface area contributed by atoms with E-state index in [1.54, 1.807) is 32.0 Å². The molecule has 1 aromatic rings. The lowest BCUT2D eigenvalue weighted by Crippen LogP contribution is -2.56. The molecule has 0 aliphatic carbocycles. The Labute approximate surface area is 123 Å². The zero-order chi connectivity index (χ0) is 15.6. The molecule has 0 saturated carbocycles. The van der Waals surface area contributed by atoms with E-state index in [0.717, 1.165) is 0 Å². The van der Waals surface area contributed by atoms with Crippen LogP contribution in [0.15, 0.2) is 24.3 Å². The molecule has 1 heterocycles. The first kappa shape index (κ1) is 15.2. The number of carboxylic acid groups (broad SMARTS) is 1. The number of amides is 2. The van der Waals surface area contributed by atoms with Gasteiger partial charge in [0.1, 0.15) is 5.75 Å². The third kappa shape index (κ3) is 2.94. The van der Waals surface area contributed by atoms with E-state index in [2.05, 4.69) is 0 Å². The fourth-order valence-electron chi connectivity index (χ4n) is 2.41. The predicted molar refractivity (Wildman–Crippen MR) is 78.7 cm³/mol. The molecule has 1 aliphatic rings. The number of anilines is 1. The van der Waals surface area contributed by atoms with Crippen LogP contribution in [0.1, 0.15) is 6.92 Å². The number of carbonyl (C=O) groups is 2. The van der Waals surface area contributed by atoms with Crippen molar-refractivity contribution >= 4 is 17.7 Å². The summed E-state index contributed by atoms with van der Waals surface area (Å²) < 4.78 is 5.25. The van der Waals surface area contributed by atoms with Crippen molar-refractivity contribution in [2.24, 2.45) is 11.8 Å². The van der Waals surface area contributed by atoms with Crippen molar-refractivity contribution in [3.8, 4) is 5.75 Å². The Hall–Kier alpha value is -2.24. The highest BCUT2D eigenvalue weighted by atomic mass is 16.5. The molecule has 114 valence electrons. The number of rotatable bonds is 4. The van der Waals surface area contributed by atoms with Crippen LogP contribution in [0.25, 0.3) is 0 Å². The number of aliphatic carboxylic acids is 1. The normalized spacial score (nSPS) is 16.0. The molecule has 1 fully saturated rings. The Morgan fingerprint density at radius 3 is 2.57 bits per heavy atom. The molecular weight excluding hydrogens is 272 g/mol. The maximum Gasteiger partial charge on any atom is 0.324 e. The Morgan fingerprint density at radius 1 is 1.38 bits per heavy atom. The van der Waals surface area contributed by atoms with Gasteiger partial charge in [0.25, 0.3) is 0 Å². The number of carbonyl (C=O) groups excluding carboxylic acids is 1. The topological polar surface area (TPSA) is 70.1 Å². The van der Waals surface area contributed by atoms with Crippen molar-refractivity contribution < 1.29 is 19.4 Å². The first-order valence-electron chi connectivity index (χ1n) is 6.84. The standard InChI is InChI=1S/C15H20N2O4/c1-10(14(18)19)11-8-17(9-11)15(20)16(2)12-6-4-5-7-13(12)21-3/h4-7,10-11H,8-9H2,1-3H3,(H,18,19). The van der Waals surface area contributed by atoms with E-state index in [4.69, 9.17) is 9.84 Å². The molecule has 1 aliphatic heterocycles. The lowest BCUT2D eigenvalue weighted by molar-refractivity contribution is -0.144. The number of hydrogen-bond acceptors (Lipinski definition) is 3. The van der Waals surface area contributed by atoms with E-state index < -0.39 is 11.9 Å². The van der Waals surface area contributed by atoms with Gasteiger partial charge in [0.05, 0.1) is 18.7 Å². The van der Waals surface area contributed by atoms with Crippen molar-refractivity contribution in [1.82, 2.24) is 4.90 Å². The summed E-state index contributed by atoms with van der Waals surface area (Å²) in [6.07, 6.45) is 0. The highest BCUT2D eigenvalue weighted by molar-refractivity contribution is 5.93. The minimum absolute atomic E-state index is 0.0255. The van der Waals surface area contributed by atoms with Gasteiger partial charge in [0.15, 0.2) is 0 Å². The van der Waals surface area contributed by atoms with Crippen LogP contribution in [0.4, 0.5) is 10.5 Å². The molecule has 1 saturated heterocycles. The molecule has 2 rings (SSSR count). The third-order valence-electron chi connectivity index (χ3n) is 4.01. The molecule has 21 heavy (non-hydrogen) atoms. The fourth-order valence-corrected chi connectivity index (χ4v) is 2.41. The lowest BCUT2D eigenvalue weighted by atomic mass is 9.87. The average molecular weight is 292 g/mol. The summed E-state index contributed by atoms with van der Waals surface area (Å²) in [5, 5.41) is 8.97. The quantitative estimate of drug-likeness (QED) is 0.920. The summed E-state index contributed by atoms with van der Waals surface area (Å²) >= 11 is 0. The molecule has 1 unspecified atom stereocenters. The number of carboxylic acids is 1. The zero-order valence-corrected chi connectivity index (χ0v) is 12.4. The number of para-hydroxylation sites is 2. The summed E-state index contributed by atoms with van der Waals surface area (Å²) in [7, 11) is 3.25. The summed E-state index contributed by atoms with van der Waals surface area (Å²) in [4.78, 5) is 26.5. The molecular formula is C15H20N2O4. The Bertz CT molecular complexity index is 540. The summed E-state index contributed by atoms with van der Waals surface area (Å²) in [6.45, 7) is 2.64. The minimum atomic E-state index is -0.815. The van der Waals surface area contributed by atoms with Gasteiger partial charge in [-0.05, 0) is 12.1 Å². The molecule has 0 radical (unpaired) electrons. The largest absolute Gasteiger partial charge is 0.495 e. The zero-order valence-electron chi connectivity index (χ0n) is 12.4. The van der Waals surface area contributed by atoms with Gasteiger partial charge in [-0.3, -0.25) is 9.69 Å². The maximum absolute atomic E-state index is 12.4. The van der Waals surface area contributed by atoms with Crippen LogP contribution < -0.4 is 9.64 Å². The van der Waals surface area contributed by atoms with Crippen molar-refractivity contribution in [3.05, 3.63) is 24.3 Å². The Balaban J connectivity index is 2.00. The van der Waals surface area contributed by atoms with E-state index >= 15 is 0 Å². The van der Waals surface area contributed by atoms with Gasteiger partial charge in [-0.25, -0.2) is 4.79 Å². The monoisotopic (exact) mass is 292 g/mol. The highest BCUT2D eigenvalue weighted by Crippen LogP contribution is 2.30. The first-order valence-corrected chi connectivity index (χ1v) is 6.84. The number of ether oxygens (including phenoxy) is 1. The van der Waals surface area contributed by atoms with Crippen molar-refractivity contribution in [2.45, 2.75) is 6.92 Å². The van der Waals surface area contributed by atoms with Crippen LogP contribution in [-0.4, -0.2) is 49.3 Å². The van der Waals surface area contributed by atoms with Crippen LogP contribution in [-0.2, 0) is 4.79 Å². The summed E-state index contributed by atoms with van der Waals surface area (Å²) in [6, 6.07) is 7.15. The Kier molecular flexibility index (Phi) is 4.35. The van der Waals surface area contributed by atoms with Crippen LogP contribution >= 0.6 is 0 Å². The minimum Gasteiger partial charge on any atom is -0.495 e. The number of benzene rings is 1. The van der Waals surface area contributed by atoms with Gasteiger partial charge in [-0.1, -0.05) is 19.1 Å². The second-order valence-electron chi connectivity index (χ2n) is 5.31. The van der Waals surface area contributed by atoms with E-state index in [-0.39, 0.29) is 11.9 Å². The first-order chi connectivity index (χ1) is 9.95. The molecule has 1 N–H and O–H groups in total. The summed E-state index contributed by atoms with van der Waals surface area (Å²) in [5.74, 6) is -0.586. The molecule has 1 aromatic carbocycles. The van der Waals surface area contributed by atoms with Crippen LogP contribution in [0.2, 0.25) is 0 Å². The van der Waals surface area contributed by atoms with E-state index in [1.165, 1.54) is 4.90 Å². The second-order valence-corrected chi connectivity index (χ2v) is 5.31. The molecule has 6 heteroatoms. The van der Waals surface area contributed by atoms with Gasteiger partial charge in [0, 0.05) is 26.1 Å². The maximum atomic E-state index is 12.4. The third-order valence-corrected chi connectivity index (χ3v) is 4.01. The van der Waals surface area contributed by atoms with Crippen LogP contribution in [0.5, 0.6) is 5.75 Å². The van der Waals surface area contributed by atoms with Gasteiger partial charge in [-0.2, -0.15) is 0 Å². The highest BCUT2D eigenvalue weighted by Gasteiger charge is 2.38. The number of hydrogen-bond donors (Lipinski definition) is 1. The predicted octanol–water partition coefficient (Wildman–Crippen LogP) is 1.90. The van der Waals surface area contributed by atoms with Gasteiger partial charge in [0.2, 0.25) is 0 Å². The second kappa shape index (κ2) is 6.03. The van der Waals surface area contributed by atoms with Crippen molar-refractivity contribution in [1.29, 1.82) is 0 Å². The van der Waals surface area contributed by atoms with Gasteiger partial charge >= 0.3 is 12.0 Å². The lowest BCUT2D eigenvalue weighted by Gasteiger charge is -2.42. The number of nitrogens with zero attached hydrogens (tertiary/aromatic N) is 2.